The second-order valence-electron chi connectivity index (χ2n) is 5.06. The van der Waals surface area contributed by atoms with Crippen molar-refractivity contribution in [1.29, 1.82) is 0 Å². The predicted octanol–water partition coefficient (Wildman–Crippen LogP) is 3.76. The van der Waals surface area contributed by atoms with Crippen molar-refractivity contribution < 1.29 is 9.18 Å². The van der Waals surface area contributed by atoms with Crippen LogP contribution in [0.4, 0.5) is 4.39 Å². The van der Waals surface area contributed by atoms with Gasteiger partial charge in [0.2, 0.25) is 0 Å². The lowest BCUT2D eigenvalue weighted by Gasteiger charge is -2.21. The van der Waals surface area contributed by atoms with Gasteiger partial charge in [-0.05, 0) is 31.9 Å². The van der Waals surface area contributed by atoms with Gasteiger partial charge in [0.25, 0.3) is 0 Å². The van der Waals surface area contributed by atoms with Crippen LogP contribution in [-0.4, -0.2) is 10.4 Å². The maximum absolute atomic E-state index is 13.9. The van der Waals surface area contributed by atoms with Gasteiger partial charge in [-0.2, -0.15) is 0 Å². The number of aromatic nitrogens is 1. The Kier molecular flexibility index (Phi) is 2.97. The average molecular weight is 257 g/mol. The van der Waals surface area contributed by atoms with Crippen LogP contribution in [0, 0.1) is 5.82 Å². The lowest BCUT2D eigenvalue weighted by atomic mass is 9.96. The van der Waals surface area contributed by atoms with Crippen LogP contribution in [0.1, 0.15) is 47.4 Å². The molecule has 1 aromatic carbocycles. The summed E-state index contributed by atoms with van der Waals surface area (Å²) in [5.74, 6) is 0.0142. The monoisotopic (exact) mass is 257 g/mol. The number of Topliss-reactive ketones (excluding diaryl/α,β-unsaturated/α-hetero) is 1. The van der Waals surface area contributed by atoms with Crippen molar-refractivity contribution in [2.24, 2.45) is 0 Å². The summed E-state index contributed by atoms with van der Waals surface area (Å²) >= 11 is 0. The van der Waals surface area contributed by atoms with Crippen LogP contribution >= 0.6 is 0 Å². The van der Waals surface area contributed by atoms with Gasteiger partial charge >= 0.3 is 0 Å². The van der Waals surface area contributed by atoms with Gasteiger partial charge in [0.15, 0.2) is 5.78 Å². The topological polar surface area (TPSA) is 22.0 Å². The first kappa shape index (κ1) is 12.2. The minimum Gasteiger partial charge on any atom is -0.343 e. The molecular formula is C16H16FNO. The highest BCUT2D eigenvalue weighted by Gasteiger charge is 2.23. The van der Waals surface area contributed by atoms with E-state index < -0.39 is 0 Å². The molecule has 19 heavy (non-hydrogen) atoms. The Labute approximate surface area is 111 Å². The van der Waals surface area contributed by atoms with Gasteiger partial charge in [0.1, 0.15) is 5.82 Å². The highest BCUT2D eigenvalue weighted by Crippen LogP contribution is 2.29. The fourth-order valence-electron chi connectivity index (χ4n) is 2.88. The molecule has 0 saturated heterocycles. The van der Waals surface area contributed by atoms with Gasteiger partial charge in [-0.15, -0.1) is 0 Å². The third kappa shape index (κ3) is 1.99. The number of carbonyl (C=O) groups excluding carboxylic acids is 1. The Balaban J connectivity index is 2.04. The molecule has 1 unspecified atom stereocenters. The molecule has 1 heterocycles. The molecule has 3 rings (SSSR count). The van der Waals surface area contributed by atoms with E-state index in [0.717, 1.165) is 24.1 Å². The van der Waals surface area contributed by atoms with Crippen molar-refractivity contribution in [3.05, 3.63) is 59.2 Å². The van der Waals surface area contributed by atoms with Crippen LogP contribution in [-0.2, 0) is 6.42 Å². The van der Waals surface area contributed by atoms with Crippen LogP contribution in [0.15, 0.2) is 36.5 Å². The summed E-state index contributed by atoms with van der Waals surface area (Å²) in [5, 5.41) is 0. The number of hydrogen-bond donors (Lipinski definition) is 0. The van der Waals surface area contributed by atoms with E-state index in [9.17, 15) is 9.18 Å². The summed E-state index contributed by atoms with van der Waals surface area (Å²) in [5.41, 5.74) is 2.53. The number of benzene rings is 1. The molecule has 0 saturated carbocycles. The van der Waals surface area contributed by atoms with E-state index in [1.807, 2.05) is 29.8 Å². The second kappa shape index (κ2) is 4.65. The third-order valence-electron chi connectivity index (χ3n) is 3.91. The van der Waals surface area contributed by atoms with Crippen LogP contribution in [0.3, 0.4) is 0 Å². The molecule has 0 amide bonds. The van der Waals surface area contributed by atoms with Crippen LogP contribution < -0.4 is 0 Å². The minimum atomic E-state index is -0.195. The quantitative estimate of drug-likeness (QED) is 0.803. The average Bonchev–Trinajstić information content (AvgIpc) is 2.84. The van der Waals surface area contributed by atoms with Crippen LogP contribution in [0.25, 0.3) is 0 Å². The van der Waals surface area contributed by atoms with Gasteiger partial charge in [-0.3, -0.25) is 4.79 Å². The van der Waals surface area contributed by atoms with Gasteiger partial charge in [-0.1, -0.05) is 18.2 Å². The van der Waals surface area contributed by atoms with Crippen molar-refractivity contribution in [2.45, 2.75) is 32.2 Å². The largest absolute Gasteiger partial charge is 0.343 e. The number of halogens is 1. The molecule has 0 radical (unpaired) electrons. The fourth-order valence-corrected chi connectivity index (χ4v) is 2.88. The number of nitrogens with zero attached hydrogens (tertiary/aromatic N) is 1. The molecule has 0 N–H and O–H groups in total. The predicted molar refractivity (Wildman–Crippen MR) is 71.9 cm³/mol. The summed E-state index contributed by atoms with van der Waals surface area (Å²) in [4.78, 5) is 11.8. The van der Waals surface area contributed by atoms with Crippen molar-refractivity contribution >= 4 is 5.78 Å². The van der Waals surface area contributed by atoms with Gasteiger partial charge < -0.3 is 4.57 Å². The van der Waals surface area contributed by atoms with Gasteiger partial charge in [0, 0.05) is 29.4 Å². The first-order chi connectivity index (χ1) is 9.18. The summed E-state index contributed by atoms with van der Waals surface area (Å²) in [7, 11) is 0. The SMILES string of the molecule is CC(c1ccccc1F)n1ccc2c1CCCC2=O. The first-order valence-corrected chi connectivity index (χ1v) is 6.66. The van der Waals surface area contributed by atoms with E-state index in [-0.39, 0.29) is 17.6 Å². The highest BCUT2D eigenvalue weighted by atomic mass is 19.1. The Bertz CT molecular complexity index is 629. The smallest absolute Gasteiger partial charge is 0.164 e. The fraction of sp³-hybridized carbons (Fsp3) is 0.312. The van der Waals surface area contributed by atoms with Crippen molar-refractivity contribution in [3.63, 3.8) is 0 Å². The molecule has 0 bridgehead atoms. The highest BCUT2D eigenvalue weighted by molar-refractivity contribution is 5.98. The standard InChI is InChI=1S/C16H16FNO/c1-11(12-5-2-3-6-14(12)17)18-10-9-13-15(18)7-4-8-16(13)19/h2-3,5-6,9-11H,4,7-8H2,1H3. The lowest BCUT2D eigenvalue weighted by Crippen LogP contribution is -2.16. The minimum absolute atomic E-state index is 0.0872. The zero-order valence-electron chi connectivity index (χ0n) is 10.9. The van der Waals surface area contributed by atoms with E-state index in [1.54, 1.807) is 12.1 Å². The van der Waals surface area contributed by atoms with Crippen molar-refractivity contribution in [2.75, 3.05) is 0 Å². The molecule has 3 heteroatoms. The molecule has 98 valence electrons. The maximum atomic E-state index is 13.9. The molecular weight excluding hydrogens is 241 g/mol. The molecule has 1 atom stereocenters. The van der Waals surface area contributed by atoms with Crippen molar-refractivity contribution in [1.82, 2.24) is 4.57 Å². The molecule has 0 spiro atoms. The summed E-state index contributed by atoms with van der Waals surface area (Å²) in [6.45, 7) is 1.97. The normalized spacial score (nSPS) is 16.2. The van der Waals surface area contributed by atoms with Gasteiger partial charge in [-0.25, -0.2) is 4.39 Å². The van der Waals surface area contributed by atoms with E-state index in [1.165, 1.54) is 6.07 Å². The molecule has 1 aliphatic carbocycles. The Morgan fingerprint density at radius 2 is 2.00 bits per heavy atom. The number of hydrogen-bond acceptors (Lipinski definition) is 1. The number of fused-ring (bicyclic) bond motifs is 1. The number of carbonyl (C=O) groups is 1. The van der Waals surface area contributed by atoms with Crippen LogP contribution in [0.2, 0.25) is 0 Å². The van der Waals surface area contributed by atoms with E-state index in [0.29, 0.717) is 12.0 Å². The van der Waals surface area contributed by atoms with Crippen molar-refractivity contribution in [3.8, 4) is 0 Å². The van der Waals surface area contributed by atoms with E-state index in [4.69, 9.17) is 0 Å². The Morgan fingerprint density at radius 3 is 2.79 bits per heavy atom. The summed E-state index contributed by atoms with van der Waals surface area (Å²) < 4.78 is 15.9. The van der Waals surface area contributed by atoms with Gasteiger partial charge in [0.05, 0.1) is 6.04 Å². The third-order valence-corrected chi connectivity index (χ3v) is 3.91. The van der Waals surface area contributed by atoms with E-state index >= 15 is 0 Å². The molecule has 1 aliphatic rings. The molecule has 1 aromatic heterocycles. The summed E-state index contributed by atoms with van der Waals surface area (Å²) in [6.07, 6.45) is 4.32. The maximum Gasteiger partial charge on any atom is 0.164 e. The molecule has 0 fully saturated rings. The Morgan fingerprint density at radius 1 is 1.21 bits per heavy atom. The zero-order valence-corrected chi connectivity index (χ0v) is 10.9. The Hall–Kier alpha value is -1.90. The van der Waals surface area contributed by atoms with E-state index in [2.05, 4.69) is 0 Å². The lowest BCUT2D eigenvalue weighted by molar-refractivity contribution is 0.0971. The number of rotatable bonds is 2. The summed E-state index contributed by atoms with van der Waals surface area (Å²) in [6, 6.07) is 8.60. The van der Waals surface area contributed by atoms with Crippen LogP contribution in [0.5, 0.6) is 0 Å². The number of ketones is 1. The second-order valence-corrected chi connectivity index (χ2v) is 5.06. The zero-order chi connectivity index (χ0) is 13.4. The molecule has 2 nitrogen and oxygen atoms in total. The molecule has 0 aliphatic heterocycles. The first-order valence-electron chi connectivity index (χ1n) is 6.66. The molecule has 2 aromatic rings.